The van der Waals surface area contributed by atoms with Crippen LogP contribution >= 0.6 is 0 Å². The lowest BCUT2D eigenvalue weighted by Crippen LogP contribution is -2.58. The van der Waals surface area contributed by atoms with Crippen LogP contribution < -0.4 is 4.74 Å². The molecule has 2 aliphatic heterocycles. The van der Waals surface area contributed by atoms with E-state index < -0.39 is 34.5 Å². The molecule has 4 unspecified atom stereocenters. The molecule has 36 heavy (non-hydrogen) atoms. The molecule has 0 saturated carbocycles. The average molecular weight is 475 g/mol. The van der Waals surface area contributed by atoms with Gasteiger partial charge in [-0.3, -0.25) is 5.41 Å². The number of benzene rings is 3. The fourth-order valence-electron chi connectivity index (χ4n) is 5.57. The molecule has 0 radical (unpaired) electrons. The van der Waals surface area contributed by atoms with Gasteiger partial charge in [0.05, 0.1) is 24.1 Å². The molecule has 3 aromatic rings. The Labute approximate surface area is 209 Å². The van der Waals surface area contributed by atoms with Crippen LogP contribution in [0.1, 0.15) is 30.6 Å². The van der Waals surface area contributed by atoms with E-state index in [0.29, 0.717) is 29.0 Å². The quantitative estimate of drug-likeness (QED) is 0.485. The van der Waals surface area contributed by atoms with Crippen molar-refractivity contribution in [2.45, 2.75) is 25.2 Å². The van der Waals surface area contributed by atoms with Crippen LogP contribution in [0.3, 0.4) is 0 Å². The molecule has 0 aromatic heterocycles. The van der Waals surface area contributed by atoms with Gasteiger partial charge in [-0.2, -0.15) is 15.8 Å². The molecule has 2 fully saturated rings. The summed E-state index contributed by atoms with van der Waals surface area (Å²) >= 11 is 0. The summed E-state index contributed by atoms with van der Waals surface area (Å²) in [6, 6.07) is 31.6. The summed E-state index contributed by atoms with van der Waals surface area (Å²) in [5, 5.41) is 40.3. The molecule has 2 saturated heterocycles. The van der Waals surface area contributed by atoms with E-state index in [1.54, 1.807) is 36.4 Å². The monoisotopic (exact) mass is 474 g/mol. The third kappa shape index (κ3) is 2.96. The van der Waals surface area contributed by atoms with Gasteiger partial charge in [0.15, 0.2) is 5.41 Å². The zero-order valence-electron chi connectivity index (χ0n) is 19.5. The van der Waals surface area contributed by atoms with Gasteiger partial charge in [0.25, 0.3) is 0 Å². The van der Waals surface area contributed by atoms with E-state index in [4.69, 9.17) is 19.6 Å². The van der Waals surface area contributed by atoms with Crippen molar-refractivity contribution in [3.8, 4) is 29.7 Å². The fourth-order valence-corrected chi connectivity index (χ4v) is 5.57. The van der Waals surface area contributed by atoms with Gasteiger partial charge in [0.2, 0.25) is 17.1 Å². The Hall–Kier alpha value is -4.64. The minimum atomic E-state index is -2.04. The highest BCUT2D eigenvalue weighted by Crippen LogP contribution is 2.69. The van der Waals surface area contributed by atoms with E-state index in [1.165, 1.54) is 0 Å². The number of rotatable bonds is 5. The van der Waals surface area contributed by atoms with E-state index in [1.807, 2.05) is 55.5 Å². The van der Waals surface area contributed by atoms with Crippen molar-refractivity contribution in [3.05, 3.63) is 96.1 Å². The van der Waals surface area contributed by atoms with E-state index in [-0.39, 0.29) is 0 Å². The van der Waals surface area contributed by atoms with Crippen molar-refractivity contribution in [3.63, 3.8) is 0 Å². The molecule has 0 spiro atoms. The maximum absolute atomic E-state index is 10.6. The first kappa shape index (κ1) is 23.1. The zero-order valence-corrected chi connectivity index (χ0v) is 19.5. The normalized spacial score (nSPS) is 27.7. The van der Waals surface area contributed by atoms with E-state index >= 15 is 0 Å². The number of para-hydroxylation sites is 1. The predicted molar refractivity (Wildman–Crippen MR) is 129 cm³/mol. The van der Waals surface area contributed by atoms with Crippen LogP contribution in [0, 0.1) is 56.2 Å². The van der Waals surface area contributed by atoms with Gasteiger partial charge in [-0.15, -0.1) is 0 Å². The third-order valence-corrected chi connectivity index (χ3v) is 7.15. The molecule has 3 aromatic carbocycles. The number of ether oxygens (including phenoxy) is 3. The lowest BCUT2D eigenvalue weighted by atomic mass is 9.52. The van der Waals surface area contributed by atoms with Gasteiger partial charge in [0, 0.05) is 5.56 Å². The highest BCUT2D eigenvalue weighted by Gasteiger charge is 2.80. The molecule has 5 rings (SSSR count). The maximum Gasteiger partial charge on any atom is 0.244 e. The molecule has 7 heteroatoms. The first-order chi connectivity index (χ1) is 17.5. The maximum atomic E-state index is 10.6. The second-order valence-electron chi connectivity index (χ2n) is 8.86. The molecular formula is C29H22N4O3. The van der Waals surface area contributed by atoms with Crippen molar-refractivity contribution in [2.75, 3.05) is 0 Å². The van der Waals surface area contributed by atoms with Gasteiger partial charge < -0.3 is 14.2 Å². The molecule has 7 nitrogen and oxygen atoms in total. The van der Waals surface area contributed by atoms with Crippen LogP contribution in [0.15, 0.2) is 84.9 Å². The number of hydrogen-bond acceptors (Lipinski definition) is 7. The Morgan fingerprint density at radius 1 is 0.861 bits per heavy atom. The number of hydrogen-bond donors (Lipinski definition) is 1. The van der Waals surface area contributed by atoms with E-state index in [9.17, 15) is 15.8 Å². The average Bonchev–Trinajstić information content (AvgIpc) is 3.13. The first-order valence-electron chi connectivity index (χ1n) is 11.6. The lowest BCUT2D eigenvalue weighted by molar-refractivity contribution is -0.292. The minimum absolute atomic E-state index is 0.347. The van der Waals surface area contributed by atoms with Crippen LogP contribution in [0.5, 0.6) is 11.5 Å². The number of nitrogens with zero attached hydrogens (tertiary/aromatic N) is 3. The Morgan fingerprint density at radius 2 is 1.50 bits per heavy atom. The van der Waals surface area contributed by atoms with Crippen molar-refractivity contribution >= 4 is 5.90 Å². The van der Waals surface area contributed by atoms with Crippen molar-refractivity contribution < 1.29 is 14.2 Å². The summed E-state index contributed by atoms with van der Waals surface area (Å²) < 4.78 is 18.7. The number of nitriles is 3. The Kier molecular flexibility index (Phi) is 5.48. The molecule has 2 bridgehead atoms. The summed E-state index contributed by atoms with van der Waals surface area (Å²) in [5.41, 5.74) is -2.80. The van der Waals surface area contributed by atoms with Gasteiger partial charge in [0.1, 0.15) is 17.6 Å². The first-order valence-corrected chi connectivity index (χ1v) is 11.6. The van der Waals surface area contributed by atoms with Crippen LogP contribution in [-0.2, 0) is 15.3 Å². The Balaban J connectivity index is 1.72. The second kappa shape index (κ2) is 8.54. The highest BCUT2D eigenvalue weighted by atomic mass is 16.7. The summed E-state index contributed by atoms with van der Waals surface area (Å²) in [5.74, 6) is -1.60. The highest BCUT2D eigenvalue weighted by molar-refractivity contribution is 5.89. The molecule has 0 amide bonds. The second-order valence-corrected chi connectivity index (χ2v) is 8.86. The zero-order chi connectivity index (χ0) is 25.4. The van der Waals surface area contributed by atoms with Crippen molar-refractivity contribution in [1.82, 2.24) is 0 Å². The van der Waals surface area contributed by atoms with E-state index in [0.717, 1.165) is 0 Å². The predicted octanol–water partition coefficient (Wildman–Crippen LogP) is 5.98. The lowest BCUT2D eigenvalue weighted by Gasteiger charge is -2.49. The molecule has 4 atom stereocenters. The van der Waals surface area contributed by atoms with Crippen molar-refractivity contribution in [2.24, 2.45) is 16.7 Å². The molecule has 0 aliphatic carbocycles. The summed E-state index contributed by atoms with van der Waals surface area (Å²) in [6.07, 6.45) is -0.850. The smallest absolute Gasteiger partial charge is 0.244 e. The van der Waals surface area contributed by atoms with Crippen LogP contribution in [0.4, 0.5) is 0 Å². The van der Waals surface area contributed by atoms with Gasteiger partial charge in [-0.1, -0.05) is 67.6 Å². The standard InChI is InChI=1S/C29H22N4O3/c1-2-24-28(19-32)26(33)36-29(24,21-11-5-3-6-12-21)35-25(27(28,17-30)18-31)20-10-9-15-23(16-20)34-22-13-7-4-8-14-22/h3-16,24-25,33H,2H2,1H3. The minimum Gasteiger partial charge on any atom is -0.457 e. The molecule has 2 heterocycles. The fraction of sp³-hybridized carbons (Fsp3) is 0.241. The van der Waals surface area contributed by atoms with Gasteiger partial charge in [-0.25, -0.2) is 0 Å². The number of nitrogens with one attached hydrogen (secondary N) is 1. The topological polar surface area (TPSA) is 123 Å². The van der Waals surface area contributed by atoms with Gasteiger partial charge >= 0.3 is 0 Å². The van der Waals surface area contributed by atoms with Crippen LogP contribution in [-0.4, -0.2) is 5.90 Å². The summed E-state index contributed by atoms with van der Waals surface area (Å²) in [7, 11) is 0. The van der Waals surface area contributed by atoms with Crippen LogP contribution in [0.2, 0.25) is 0 Å². The molecule has 2 aliphatic rings. The summed E-state index contributed by atoms with van der Waals surface area (Å²) in [6.45, 7) is 1.84. The number of fused-ring (bicyclic) bond motifs is 2. The van der Waals surface area contributed by atoms with E-state index in [2.05, 4.69) is 18.2 Å². The Morgan fingerprint density at radius 3 is 2.11 bits per heavy atom. The SMILES string of the molecule is CCC1C2(c3ccccc3)OC(=N)C1(C#N)C(C#N)(C#N)C(c1cccc(Oc3ccccc3)c1)O2. The largest absolute Gasteiger partial charge is 0.457 e. The van der Waals surface area contributed by atoms with Gasteiger partial charge in [-0.05, 0) is 36.2 Å². The molecule has 1 N–H and O–H groups in total. The van der Waals surface area contributed by atoms with Crippen LogP contribution in [0.25, 0.3) is 0 Å². The molecule has 176 valence electrons. The molecular weight excluding hydrogens is 452 g/mol. The summed E-state index contributed by atoms with van der Waals surface area (Å²) in [4.78, 5) is 0. The Bertz CT molecular complexity index is 1420. The van der Waals surface area contributed by atoms with Crippen molar-refractivity contribution in [1.29, 1.82) is 21.2 Å². The third-order valence-electron chi connectivity index (χ3n) is 7.15.